The molecule has 0 aromatic heterocycles. The second-order valence-electron chi connectivity index (χ2n) is 0. The molecule has 0 spiro atoms. The maximum atomic E-state index is 0. The zero-order valence-electron chi connectivity index (χ0n) is 1.24. The molecule has 0 rings (SSSR count). The first-order valence-electron chi connectivity index (χ1n) is 0. The van der Waals surface area contributed by atoms with Crippen LogP contribution in [0.3, 0.4) is 0 Å². The Labute approximate surface area is 59.6 Å². The van der Waals surface area contributed by atoms with Gasteiger partial charge in [-0.1, -0.05) is 0 Å². The molecule has 29 valence electrons. The first kappa shape index (κ1) is 46.0. The summed E-state index contributed by atoms with van der Waals surface area (Å²) in [6, 6.07) is 0. The minimum absolute atomic E-state index is 0. The Morgan fingerprint density at radius 1 is 1.00 bits per heavy atom. The molecule has 0 amide bonds. The zero-order chi connectivity index (χ0) is 0. The normalized spacial score (nSPS) is 0. The van der Waals surface area contributed by atoms with Crippen LogP contribution in [0.1, 0.15) is 0 Å². The molecule has 0 aromatic rings. The molecular weight excluding hydrogens is 198 g/mol. The minimum Gasteiger partial charge on any atom is -0.197 e. The van der Waals surface area contributed by atoms with Gasteiger partial charge in [0.25, 0.3) is 0 Å². The summed E-state index contributed by atoms with van der Waals surface area (Å²) < 4.78 is 0. The van der Waals surface area contributed by atoms with Gasteiger partial charge in [0, 0.05) is 37.8 Å². The first-order valence-corrected chi connectivity index (χ1v) is 0. The summed E-state index contributed by atoms with van der Waals surface area (Å²) in [6.07, 6.45) is 0. The van der Waals surface area contributed by atoms with Crippen molar-refractivity contribution in [3.8, 4) is 0 Å². The molecule has 0 N–H and O–H groups in total. The Kier molecular flexibility index (Phi) is 267. The smallest absolute Gasteiger partial charge is 0.0814 e. The molecule has 4 heteroatoms. The molecule has 0 aromatic carbocycles. The van der Waals surface area contributed by atoms with Gasteiger partial charge in [-0.15, -0.1) is 0 Å². The van der Waals surface area contributed by atoms with Crippen LogP contribution in [-0.2, 0) is 37.8 Å². The summed E-state index contributed by atoms with van der Waals surface area (Å²) in [4.78, 5) is 0. The van der Waals surface area contributed by atoms with E-state index in [0.29, 0.717) is 0 Å². The van der Waals surface area contributed by atoms with Crippen molar-refractivity contribution < 1.29 is 37.8 Å². The second kappa shape index (κ2) is 23.2. The van der Waals surface area contributed by atoms with Crippen molar-refractivity contribution in [1.82, 2.24) is 0 Å². The summed E-state index contributed by atoms with van der Waals surface area (Å²) in [5.74, 6) is 0. The second-order valence-corrected chi connectivity index (χ2v) is 0. The molecule has 0 aliphatic rings. The number of hydrogen-bond acceptors (Lipinski definition) is 0. The number of rotatable bonds is 0. The molecule has 0 fully saturated rings. The van der Waals surface area contributed by atoms with Crippen molar-refractivity contribution in [2.75, 3.05) is 0 Å². The van der Waals surface area contributed by atoms with Gasteiger partial charge >= 0.3 is 0 Å². The van der Waals surface area contributed by atoms with Gasteiger partial charge in [0.15, 0.2) is 0 Å². The van der Waals surface area contributed by atoms with E-state index in [1.54, 1.807) is 0 Å². The average Bonchev–Trinajstić information content (AvgIpc) is 0. The molecule has 0 heterocycles. The van der Waals surface area contributed by atoms with Crippen molar-refractivity contribution in [3.05, 3.63) is 0 Å². The molecule has 0 nitrogen and oxygen atoms in total. The summed E-state index contributed by atoms with van der Waals surface area (Å²) in [6.45, 7) is 0. The standard InChI is InChI=1S/BH3.Co.Mo.H2S/h1H3;;;1H2. The van der Waals surface area contributed by atoms with Gasteiger partial charge in [-0.25, -0.2) is 0 Å². The number of hydrogen-bond donors (Lipinski definition) is 0. The van der Waals surface area contributed by atoms with Gasteiger partial charge in [-0.05, 0) is 0 Å². The maximum absolute atomic E-state index is 0. The van der Waals surface area contributed by atoms with Gasteiger partial charge in [-0.2, -0.15) is 13.5 Å². The molecule has 0 atom stereocenters. The predicted molar refractivity (Wildman–Crippen MR) is 20.3 cm³/mol. The van der Waals surface area contributed by atoms with Crippen LogP contribution >= 0.6 is 13.5 Å². The van der Waals surface area contributed by atoms with Gasteiger partial charge in [0.2, 0.25) is 0 Å². The van der Waals surface area contributed by atoms with Gasteiger partial charge in [0.05, 0.1) is 8.41 Å². The molecule has 0 unspecified atom stereocenters. The van der Waals surface area contributed by atoms with Crippen LogP contribution in [-0.4, -0.2) is 8.41 Å². The molecule has 0 aliphatic heterocycles. The summed E-state index contributed by atoms with van der Waals surface area (Å²) >= 11 is 0. The van der Waals surface area contributed by atoms with E-state index >= 15 is 0 Å². The van der Waals surface area contributed by atoms with E-state index in [4.69, 9.17) is 0 Å². The predicted octanol–water partition coefficient (Wildman–Crippen LogP) is -1.08. The molecular formula is H5BCoMoS. The Morgan fingerprint density at radius 2 is 1.00 bits per heavy atom. The van der Waals surface area contributed by atoms with Crippen molar-refractivity contribution in [1.29, 1.82) is 0 Å². The third kappa shape index (κ3) is 9.49. The van der Waals surface area contributed by atoms with E-state index in [2.05, 4.69) is 0 Å². The third-order valence-electron chi connectivity index (χ3n) is 0. The Morgan fingerprint density at radius 3 is 1.00 bits per heavy atom. The first-order chi connectivity index (χ1) is 0. The van der Waals surface area contributed by atoms with Crippen LogP contribution in [0.4, 0.5) is 0 Å². The molecule has 0 saturated heterocycles. The molecule has 4 heavy (non-hydrogen) atoms. The topological polar surface area (TPSA) is 0 Å². The van der Waals surface area contributed by atoms with Crippen molar-refractivity contribution in [2.24, 2.45) is 0 Å². The quantitative estimate of drug-likeness (QED) is 0.439. The van der Waals surface area contributed by atoms with Crippen LogP contribution in [0.2, 0.25) is 0 Å². The molecule has 0 saturated carbocycles. The van der Waals surface area contributed by atoms with E-state index in [1.807, 2.05) is 0 Å². The van der Waals surface area contributed by atoms with E-state index in [0.717, 1.165) is 0 Å². The van der Waals surface area contributed by atoms with E-state index < -0.39 is 0 Å². The van der Waals surface area contributed by atoms with Gasteiger partial charge in [-0.3, -0.25) is 0 Å². The van der Waals surface area contributed by atoms with Crippen molar-refractivity contribution >= 4 is 21.9 Å². The van der Waals surface area contributed by atoms with E-state index in [-0.39, 0.29) is 59.8 Å². The van der Waals surface area contributed by atoms with Crippen LogP contribution in [0.25, 0.3) is 0 Å². The fraction of sp³-hybridized carbons (Fsp3) is 0. The van der Waals surface area contributed by atoms with Crippen LogP contribution in [0, 0.1) is 0 Å². The van der Waals surface area contributed by atoms with Crippen LogP contribution < -0.4 is 0 Å². The monoisotopic (exact) mass is 205 g/mol. The average molecular weight is 203 g/mol. The maximum Gasteiger partial charge on any atom is 0.0814 e. The Hall–Kier alpha value is 1.61. The summed E-state index contributed by atoms with van der Waals surface area (Å²) in [7, 11) is 0. The van der Waals surface area contributed by atoms with E-state index in [9.17, 15) is 0 Å². The summed E-state index contributed by atoms with van der Waals surface area (Å²) in [5, 5.41) is 0. The van der Waals surface area contributed by atoms with Crippen molar-refractivity contribution in [2.45, 2.75) is 0 Å². The van der Waals surface area contributed by atoms with E-state index in [1.165, 1.54) is 0 Å². The van der Waals surface area contributed by atoms with Crippen LogP contribution in [0.15, 0.2) is 0 Å². The Bertz CT molecular complexity index is 8.00. The molecule has 0 bridgehead atoms. The van der Waals surface area contributed by atoms with Crippen LogP contribution in [0.5, 0.6) is 0 Å². The third-order valence-corrected chi connectivity index (χ3v) is 0. The van der Waals surface area contributed by atoms with Gasteiger partial charge in [0.1, 0.15) is 0 Å². The summed E-state index contributed by atoms with van der Waals surface area (Å²) in [5.41, 5.74) is 0. The SMILES string of the molecule is B.S.[Co].[Mo]. The molecule has 0 aliphatic carbocycles. The zero-order valence-corrected chi connectivity index (χ0v) is 5.29. The fourth-order valence-corrected chi connectivity index (χ4v) is 0. The Balaban J connectivity index is 0. The largest absolute Gasteiger partial charge is 0.197 e. The fourth-order valence-electron chi connectivity index (χ4n) is 0. The minimum atomic E-state index is 0. The van der Waals surface area contributed by atoms with Crippen molar-refractivity contribution in [3.63, 3.8) is 0 Å². The molecule has 1 radical (unpaired) electrons. The van der Waals surface area contributed by atoms with Gasteiger partial charge < -0.3 is 0 Å².